The summed E-state index contributed by atoms with van der Waals surface area (Å²) >= 11 is 4.99. The van der Waals surface area contributed by atoms with Crippen LogP contribution in [0.2, 0.25) is 0 Å². The normalized spacial score (nSPS) is 13.0. The van der Waals surface area contributed by atoms with Crippen molar-refractivity contribution in [1.29, 1.82) is 0 Å². The van der Waals surface area contributed by atoms with Gasteiger partial charge < -0.3 is 5.32 Å². The molecule has 1 amide bonds. The monoisotopic (exact) mass is 350 g/mol. The van der Waals surface area contributed by atoms with Crippen LogP contribution in [0.3, 0.4) is 0 Å². The fourth-order valence-electron chi connectivity index (χ4n) is 1.77. The average Bonchev–Trinajstić information content (AvgIpc) is 2.80. The van der Waals surface area contributed by atoms with Crippen molar-refractivity contribution in [1.82, 2.24) is 15.0 Å². The maximum atomic E-state index is 12.6. The maximum Gasteiger partial charge on any atom is 0.416 e. The van der Waals surface area contributed by atoms with E-state index in [1.807, 2.05) is 0 Å². The lowest BCUT2D eigenvalue weighted by molar-refractivity contribution is -0.137. The van der Waals surface area contributed by atoms with Gasteiger partial charge in [0.15, 0.2) is 5.82 Å². The molecule has 1 atom stereocenters. The molecule has 0 fully saturated rings. The number of alkyl halides is 5. The smallest absolute Gasteiger partial charge is 0.304 e. The molecule has 0 saturated heterocycles. The number of hydrogen-bond acceptors (Lipinski definition) is 3. The van der Waals surface area contributed by atoms with Gasteiger partial charge in [-0.05, 0) is 24.6 Å². The Bertz CT molecular complexity index is 697. The van der Waals surface area contributed by atoms with Gasteiger partial charge in [0.2, 0.25) is 0 Å². The van der Waals surface area contributed by atoms with Crippen LogP contribution in [0.5, 0.6) is 0 Å². The van der Waals surface area contributed by atoms with Crippen LogP contribution in [-0.2, 0) is 17.5 Å². The molecule has 124 valence electrons. The minimum atomic E-state index is -4.40. The van der Waals surface area contributed by atoms with Gasteiger partial charge in [-0.15, -0.1) is 5.10 Å². The van der Waals surface area contributed by atoms with Crippen molar-refractivity contribution in [3.05, 3.63) is 41.1 Å². The summed E-state index contributed by atoms with van der Waals surface area (Å²) < 4.78 is 51.4. The Morgan fingerprint density at radius 3 is 2.48 bits per heavy atom. The first-order chi connectivity index (χ1) is 10.7. The summed E-state index contributed by atoms with van der Waals surface area (Å²) in [5, 5.41) is 9.58. The van der Waals surface area contributed by atoms with Gasteiger partial charge in [0, 0.05) is 0 Å². The molecule has 0 saturated carbocycles. The summed E-state index contributed by atoms with van der Waals surface area (Å²) in [5.74, 6) is -1.04. The number of amides is 1. The van der Waals surface area contributed by atoms with E-state index in [0.29, 0.717) is 11.3 Å². The standard InChI is InChI=1S/C13H11ClF4N4O/c1-7-11(19-12(23)10(14)15)20-21-22(7)6-8-2-4-9(5-3-8)13(16,17)18/h2-5,10H,6H2,1H3,(H,19,23). The van der Waals surface area contributed by atoms with Crippen LogP contribution in [0.4, 0.5) is 23.4 Å². The van der Waals surface area contributed by atoms with Crippen LogP contribution in [0.25, 0.3) is 0 Å². The van der Waals surface area contributed by atoms with E-state index in [0.717, 1.165) is 12.1 Å². The number of aromatic nitrogens is 3. The van der Waals surface area contributed by atoms with E-state index in [1.165, 1.54) is 16.8 Å². The molecule has 0 bridgehead atoms. The van der Waals surface area contributed by atoms with Crippen LogP contribution < -0.4 is 5.32 Å². The molecule has 1 unspecified atom stereocenters. The minimum absolute atomic E-state index is 0.0326. The predicted octanol–water partition coefficient (Wildman–Crippen LogP) is 3.13. The summed E-state index contributed by atoms with van der Waals surface area (Å²) in [7, 11) is 0. The van der Waals surface area contributed by atoms with Gasteiger partial charge >= 0.3 is 6.18 Å². The number of anilines is 1. The highest BCUT2D eigenvalue weighted by Crippen LogP contribution is 2.29. The summed E-state index contributed by atoms with van der Waals surface area (Å²) in [5.41, 5.74) is -1.99. The van der Waals surface area contributed by atoms with E-state index >= 15 is 0 Å². The molecule has 2 rings (SSSR count). The van der Waals surface area contributed by atoms with E-state index in [1.54, 1.807) is 6.92 Å². The number of carbonyl (C=O) groups is 1. The molecule has 2 aromatic rings. The summed E-state index contributed by atoms with van der Waals surface area (Å²) in [6, 6.07) is 4.56. The zero-order chi connectivity index (χ0) is 17.2. The molecule has 10 heteroatoms. The molecule has 1 aromatic carbocycles. The van der Waals surface area contributed by atoms with E-state index in [2.05, 4.69) is 15.6 Å². The first-order valence-corrected chi connectivity index (χ1v) is 6.77. The fourth-order valence-corrected chi connectivity index (χ4v) is 1.82. The second kappa shape index (κ2) is 6.53. The van der Waals surface area contributed by atoms with Crippen molar-refractivity contribution in [2.75, 3.05) is 5.32 Å². The van der Waals surface area contributed by atoms with Crippen LogP contribution in [-0.4, -0.2) is 26.5 Å². The van der Waals surface area contributed by atoms with Gasteiger partial charge in [0.05, 0.1) is 17.8 Å². The van der Waals surface area contributed by atoms with Gasteiger partial charge in [-0.1, -0.05) is 28.9 Å². The highest BCUT2D eigenvalue weighted by Gasteiger charge is 2.30. The molecular weight excluding hydrogens is 340 g/mol. The molecule has 0 aliphatic carbocycles. The summed E-state index contributed by atoms with van der Waals surface area (Å²) in [6.07, 6.45) is -4.40. The lowest BCUT2D eigenvalue weighted by Gasteiger charge is -2.08. The number of carbonyl (C=O) groups excluding carboxylic acids is 1. The first kappa shape index (κ1) is 17.2. The topological polar surface area (TPSA) is 59.8 Å². The molecule has 0 spiro atoms. The van der Waals surface area contributed by atoms with Crippen molar-refractivity contribution in [3.63, 3.8) is 0 Å². The Morgan fingerprint density at radius 2 is 1.96 bits per heavy atom. The number of hydrogen-bond donors (Lipinski definition) is 1. The number of benzene rings is 1. The summed E-state index contributed by atoms with van der Waals surface area (Å²) in [6.45, 7) is 1.72. The third-order valence-corrected chi connectivity index (χ3v) is 3.23. The number of halogens is 5. The van der Waals surface area contributed by atoms with E-state index in [-0.39, 0.29) is 12.4 Å². The molecule has 5 nitrogen and oxygen atoms in total. The van der Waals surface area contributed by atoms with Crippen LogP contribution in [0, 0.1) is 6.92 Å². The Kier molecular flexibility index (Phi) is 4.88. The lowest BCUT2D eigenvalue weighted by atomic mass is 10.1. The highest BCUT2D eigenvalue weighted by molar-refractivity contribution is 6.31. The fraction of sp³-hybridized carbons (Fsp3) is 0.308. The predicted molar refractivity (Wildman–Crippen MR) is 74.7 cm³/mol. The Morgan fingerprint density at radius 1 is 1.35 bits per heavy atom. The third kappa shape index (κ3) is 4.19. The van der Waals surface area contributed by atoms with Gasteiger partial charge in [-0.25, -0.2) is 9.07 Å². The second-order valence-electron chi connectivity index (χ2n) is 4.67. The number of nitrogens with one attached hydrogen (secondary N) is 1. The Hall–Kier alpha value is -2.16. The van der Waals surface area contributed by atoms with Gasteiger partial charge in [0.25, 0.3) is 11.5 Å². The quantitative estimate of drug-likeness (QED) is 0.681. The molecule has 0 aliphatic rings. The Labute approximate surface area is 133 Å². The largest absolute Gasteiger partial charge is 0.416 e. The third-order valence-electron chi connectivity index (χ3n) is 3.04. The number of nitrogens with zero attached hydrogens (tertiary/aromatic N) is 3. The van der Waals surface area contributed by atoms with E-state index in [9.17, 15) is 22.4 Å². The molecule has 1 N–H and O–H groups in total. The van der Waals surface area contributed by atoms with Crippen LogP contribution in [0.1, 0.15) is 16.8 Å². The lowest BCUT2D eigenvalue weighted by Crippen LogP contribution is -2.20. The van der Waals surface area contributed by atoms with E-state index < -0.39 is 23.3 Å². The van der Waals surface area contributed by atoms with Gasteiger partial charge in [-0.3, -0.25) is 4.79 Å². The maximum absolute atomic E-state index is 12.6. The first-order valence-electron chi connectivity index (χ1n) is 6.33. The average molecular weight is 351 g/mol. The van der Waals surface area contributed by atoms with Crippen LogP contribution >= 0.6 is 11.6 Å². The molecule has 1 aromatic heterocycles. The van der Waals surface area contributed by atoms with Crippen molar-refractivity contribution >= 4 is 23.3 Å². The highest BCUT2D eigenvalue weighted by atomic mass is 35.5. The molecular formula is C13H11ClF4N4O. The van der Waals surface area contributed by atoms with Crippen molar-refractivity contribution in [3.8, 4) is 0 Å². The van der Waals surface area contributed by atoms with E-state index in [4.69, 9.17) is 11.6 Å². The zero-order valence-corrected chi connectivity index (χ0v) is 12.5. The number of rotatable bonds is 4. The van der Waals surface area contributed by atoms with Crippen molar-refractivity contribution in [2.24, 2.45) is 0 Å². The van der Waals surface area contributed by atoms with Gasteiger partial charge in [0.1, 0.15) is 0 Å². The molecule has 0 radical (unpaired) electrons. The van der Waals surface area contributed by atoms with Crippen molar-refractivity contribution in [2.45, 2.75) is 25.3 Å². The van der Waals surface area contributed by atoms with Gasteiger partial charge in [-0.2, -0.15) is 13.2 Å². The summed E-state index contributed by atoms with van der Waals surface area (Å²) in [4.78, 5) is 11.2. The minimum Gasteiger partial charge on any atom is -0.304 e. The molecule has 0 aliphatic heterocycles. The second-order valence-corrected chi connectivity index (χ2v) is 5.05. The molecule has 1 heterocycles. The Balaban J connectivity index is 2.12. The van der Waals surface area contributed by atoms with Crippen molar-refractivity contribution < 1.29 is 22.4 Å². The molecule has 23 heavy (non-hydrogen) atoms. The SMILES string of the molecule is Cc1c(NC(=O)C(F)Cl)nnn1Cc1ccc(C(F)(F)F)cc1. The zero-order valence-electron chi connectivity index (χ0n) is 11.7. The van der Waals surface area contributed by atoms with Crippen LogP contribution in [0.15, 0.2) is 24.3 Å².